The molecule has 1 heterocycles. The molecule has 0 spiro atoms. The van der Waals surface area contributed by atoms with Gasteiger partial charge in [0.25, 0.3) is 0 Å². The van der Waals surface area contributed by atoms with Gasteiger partial charge in [0.05, 0.1) is 24.0 Å². The Morgan fingerprint density at radius 2 is 1.69 bits per heavy atom. The summed E-state index contributed by atoms with van der Waals surface area (Å²) in [6.45, 7) is 2.89. The zero-order valence-corrected chi connectivity index (χ0v) is 18.1. The summed E-state index contributed by atoms with van der Waals surface area (Å²) in [6, 6.07) is 29.7. The van der Waals surface area contributed by atoms with E-state index in [1.807, 2.05) is 91.0 Å². The van der Waals surface area contributed by atoms with Crippen molar-refractivity contribution in [3.05, 3.63) is 102 Å². The first-order chi connectivity index (χ1) is 15.8. The van der Waals surface area contributed by atoms with Gasteiger partial charge < -0.3 is 4.74 Å². The Morgan fingerprint density at radius 3 is 2.50 bits per heavy atom. The number of para-hydroxylation sites is 2. The molecule has 0 aliphatic carbocycles. The number of aromatic nitrogens is 1. The van der Waals surface area contributed by atoms with Crippen LogP contribution in [0.2, 0.25) is 0 Å². The molecule has 5 nitrogen and oxygen atoms in total. The molecular weight excluding hydrogens is 396 g/mol. The number of aliphatic imine (C=N–C) groups is 1. The highest BCUT2D eigenvalue weighted by molar-refractivity contribution is 6.00. The summed E-state index contributed by atoms with van der Waals surface area (Å²) in [5.41, 5.74) is 6.51. The van der Waals surface area contributed by atoms with Crippen LogP contribution in [0.15, 0.2) is 101 Å². The van der Waals surface area contributed by atoms with Crippen molar-refractivity contribution in [1.29, 1.82) is 0 Å². The number of hydrazone groups is 1. The van der Waals surface area contributed by atoms with E-state index in [9.17, 15) is 0 Å². The van der Waals surface area contributed by atoms with Crippen molar-refractivity contribution in [2.24, 2.45) is 10.1 Å². The average Bonchev–Trinajstić information content (AvgIpc) is 2.85. The topological polar surface area (TPSA) is 58.9 Å². The lowest BCUT2D eigenvalue weighted by molar-refractivity contribution is 0.309. The molecule has 0 fully saturated rings. The molecule has 1 N–H and O–H groups in total. The predicted molar refractivity (Wildman–Crippen MR) is 132 cm³/mol. The molecule has 1 aromatic heterocycles. The predicted octanol–water partition coefficient (Wildman–Crippen LogP) is 6.12. The summed E-state index contributed by atoms with van der Waals surface area (Å²) in [7, 11) is 0. The molecule has 0 aliphatic heterocycles. The third-order valence-electron chi connectivity index (χ3n) is 4.87. The van der Waals surface area contributed by atoms with Crippen LogP contribution in [0.25, 0.3) is 10.9 Å². The first-order valence-corrected chi connectivity index (χ1v) is 10.8. The van der Waals surface area contributed by atoms with E-state index in [-0.39, 0.29) is 0 Å². The molecule has 0 radical (unpaired) electrons. The number of ether oxygens (including phenoxy) is 1. The first kappa shape index (κ1) is 21.2. The summed E-state index contributed by atoms with van der Waals surface area (Å²) in [4.78, 5) is 9.49. The molecule has 3 aromatic carbocycles. The fraction of sp³-hybridized carbons (Fsp3) is 0.148. The van der Waals surface area contributed by atoms with E-state index in [0.717, 1.165) is 53.0 Å². The van der Waals surface area contributed by atoms with Crippen molar-refractivity contribution in [1.82, 2.24) is 10.4 Å². The van der Waals surface area contributed by atoms with Crippen LogP contribution in [0, 0.1) is 0 Å². The van der Waals surface area contributed by atoms with Crippen LogP contribution in [-0.4, -0.2) is 23.6 Å². The summed E-state index contributed by atoms with van der Waals surface area (Å²) < 4.78 is 5.72. The maximum absolute atomic E-state index is 5.72. The molecule has 0 bridgehead atoms. The zero-order valence-electron chi connectivity index (χ0n) is 18.1. The SMILES string of the molecule is CCCCOc1ccc(C=NNC(=Nc2ccccc2)c2ccc3ccccc3n2)cc1. The Morgan fingerprint density at radius 1 is 0.906 bits per heavy atom. The van der Waals surface area contributed by atoms with Crippen molar-refractivity contribution in [3.63, 3.8) is 0 Å². The molecule has 4 aromatic rings. The van der Waals surface area contributed by atoms with E-state index < -0.39 is 0 Å². The molecule has 0 unspecified atom stereocenters. The number of benzene rings is 3. The number of hydrogen-bond acceptors (Lipinski definition) is 4. The Bertz CT molecular complexity index is 1200. The lowest BCUT2D eigenvalue weighted by Crippen LogP contribution is -2.20. The summed E-state index contributed by atoms with van der Waals surface area (Å²) in [6.07, 6.45) is 3.94. The molecule has 0 aliphatic rings. The maximum atomic E-state index is 5.72. The normalized spacial score (nSPS) is 11.7. The van der Waals surface area contributed by atoms with Crippen molar-refractivity contribution in [2.45, 2.75) is 19.8 Å². The van der Waals surface area contributed by atoms with Gasteiger partial charge in [0, 0.05) is 5.39 Å². The molecule has 0 saturated carbocycles. The van der Waals surface area contributed by atoms with Crippen molar-refractivity contribution in [2.75, 3.05) is 6.61 Å². The van der Waals surface area contributed by atoms with Crippen molar-refractivity contribution >= 4 is 28.6 Å². The number of amidine groups is 1. The van der Waals surface area contributed by atoms with Gasteiger partial charge in [-0.1, -0.05) is 55.8 Å². The second-order valence-corrected chi connectivity index (χ2v) is 7.33. The van der Waals surface area contributed by atoms with Crippen molar-refractivity contribution < 1.29 is 4.74 Å². The highest BCUT2D eigenvalue weighted by Crippen LogP contribution is 2.16. The van der Waals surface area contributed by atoms with E-state index in [1.165, 1.54) is 0 Å². The number of nitrogens with zero attached hydrogens (tertiary/aromatic N) is 3. The van der Waals surface area contributed by atoms with E-state index in [0.29, 0.717) is 5.84 Å². The maximum Gasteiger partial charge on any atom is 0.173 e. The van der Waals surface area contributed by atoms with E-state index in [2.05, 4.69) is 17.5 Å². The number of fused-ring (bicyclic) bond motifs is 1. The lowest BCUT2D eigenvalue weighted by atomic mass is 10.2. The van der Waals surface area contributed by atoms with Gasteiger partial charge in [0.2, 0.25) is 0 Å². The molecular formula is C27H26N4O. The largest absolute Gasteiger partial charge is 0.494 e. The van der Waals surface area contributed by atoms with Crippen LogP contribution in [0.4, 0.5) is 5.69 Å². The molecule has 32 heavy (non-hydrogen) atoms. The number of hydrogen-bond donors (Lipinski definition) is 1. The van der Waals surface area contributed by atoms with Gasteiger partial charge in [-0.25, -0.2) is 9.98 Å². The second-order valence-electron chi connectivity index (χ2n) is 7.33. The molecule has 0 atom stereocenters. The van der Waals surface area contributed by atoms with Crippen LogP contribution >= 0.6 is 0 Å². The quantitative estimate of drug-likeness (QED) is 0.161. The number of rotatable bonds is 8. The minimum atomic E-state index is 0.581. The van der Waals surface area contributed by atoms with Gasteiger partial charge in [-0.3, -0.25) is 5.43 Å². The minimum Gasteiger partial charge on any atom is -0.494 e. The third-order valence-corrected chi connectivity index (χ3v) is 4.87. The average molecular weight is 423 g/mol. The molecule has 160 valence electrons. The fourth-order valence-electron chi connectivity index (χ4n) is 3.12. The molecule has 4 rings (SSSR count). The number of pyridine rings is 1. The zero-order chi connectivity index (χ0) is 22.0. The highest BCUT2D eigenvalue weighted by atomic mass is 16.5. The van der Waals surface area contributed by atoms with Gasteiger partial charge in [-0.15, -0.1) is 0 Å². The number of nitrogens with one attached hydrogen (secondary N) is 1. The molecule has 5 heteroatoms. The Hall–Kier alpha value is -3.99. The second kappa shape index (κ2) is 10.9. The third kappa shape index (κ3) is 5.79. The standard InChI is InChI=1S/C27H26N4O/c1-2-3-19-32-24-16-13-21(14-17-24)20-28-31-27(29-23-10-5-4-6-11-23)26-18-15-22-9-7-8-12-25(22)30-26/h4-18,20H,2-3,19H2,1H3,(H,29,31). The molecule has 0 saturated heterocycles. The van der Waals surface area contributed by atoms with E-state index in [4.69, 9.17) is 14.7 Å². The van der Waals surface area contributed by atoms with Crippen LogP contribution in [0.5, 0.6) is 5.75 Å². The summed E-state index contributed by atoms with van der Waals surface area (Å²) >= 11 is 0. The van der Waals surface area contributed by atoms with E-state index >= 15 is 0 Å². The van der Waals surface area contributed by atoms with Gasteiger partial charge in [0.15, 0.2) is 5.84 Å². The van der Waals surface area contributed by atoms with Gasteiger partial charge in [0.1, 0.15) is 11.4 Å². The fourth-order valence-corrected chi connectivity index (χ4v) is 3.12. The van der Waals surface area contributed by atoms with Gasteiger partial charge in [-0.2, -0.15) is 5.10 Å². The summed E-state index contributed by atoms with van der Waals surface area (Å²) in [5.74, 6) is 1.45. The van der Waals surface area contributed by atoms with Crippen molar-refractivity contribution in [3.8, 4) is 5.75 Å². The monoisotopic (exact) mass is 422 g/mol. The minimum absolute atomic E-state index is 0.581. The Kier molecular flexibility index (Phi) is 7.21. The molecule has 0 amide bonds. The summed E-state index contributed by atoms with van der Waals surface area (Å²) in [5, 5.41) is 5.50. The highest BCUT2D eigenvalue weighted by Gasteiger charge is 2.06. The number of unbranched alkanes of at least 4 members (excludes halogenated alkanes) is 1. The van der Waals surface area contributed by atoms with Crippen LogP contribution in [0.1, 0.15) is 31.0 Å². The van der Waals surface area contributed by atoms with Crippen LogP contribution < -0.4 is 10.2 Å². The van der Waals surface area contributed by atoms with Gasteiger partial charge >= 0.3 is 0 Å². The lowest BCUT2D eigenvalue weighted by Gasteiger charge is -2.07. The Labute approximate surface area is 188 Å². The van der Waals surface area contributed by atoms with E-state index in [1.54, 1.807) is 6.21 Å². The van der Waals surface area contributed by atoms with Gasteiger partial charge in [-0.05, 0) is 60.5 Å². The van der Waals surface area contributed by atoms with Crippen LogP contribution in [0.3, 0.4) is 0 Å². The Balaban J connectivity index is 1.53. The smallest absolute Gasteiger partial charge is 0.173 e. The van der Waals surface area contributed by atoms with Crippen LogP contribution in [-0.2, 0) is 0 Å². The first-order valence-electron chi connectivity index (χ1n) is 10.8.